The highest BCUT2D eigenvalue weighted by Gasteiger charge is 2.24. The van der Waals surface area contributed by atoms with Crippen molar-refractivity contribution in [2.45, 2.75) is 57.4 Å². The molecule has 0 aromatic carbocycles. The summed E-state index contributed by atoms with van der Waals surface area (Å²) < 4.78 is 2.20. The van der Waals surface area contributed by atoms with E-state index in [1.807, 2.05) is 6.33 Å². The van der Waals surface area contributed by atoms with Crippen LogP contribution in [0.2, 0.25) is 0 Å². The van der Waals surface area contributed by atoms with E-state index >= 15 is 0 Å². The molecule has 0 amide bonds. The van der Waals surface area contributed by atoms with Crippen LogP contribution in [0.5, 0.6) is 0 Å². The highest BCUT2D eigenvalue weighted by molar-refractivity contribution is 5.20. The Kier molecular flexibility index (Phi) is 3.69. The van der Waals surface area contributed by atoms with Crippen molar-refractivity contribution >= 4 is 0 Å². The first-order valence-corrected chi connectivity index (χ1v) is 7.58. The van der Waals surface area contributed by atoms with Crippen molar-refractivity contribution in [2.24, 2.45) is 13.0 Å². The fourth-order valence-electron chi connectivity index (χ4n) is 3.65. The number of nitrogens with zero attached hydrogens (tertiary/aromatic N) is 2. The molecule has 3 heteroatoms. The third-order valence-electron chi connectivity index (χ3n) is 4.76. The molecule has 3 nitrogen and oxygen atoms in total. The van der Waals surface area contributed by atoms with Crippen LogP contribution >= 0.6 is 0 Å². The van der Waals surface area contributed by atoms with Crippen LogP contribution in [0.15, 0.2) is 6.33 Å². The number of nitrogens with one attached hydrogen (secondary N) is 1. The van der Waals surface area contributed by atoms with Gasteiger partial charge < -0.3 is 9.88 Å². The van der Waals surface area contributed by atoms with Crippen molar-refractivity contribution in [1.29, 1.82) is 0 Å². The zero-order chi connectivity index (χ0) is 12.4. The van der Waals surface area contributed by atoms with Crippen LogP contribution in [0.1, 0.15) is 62.4 Å². The summed E-state index contributed by atoms with van der Waals surface area (Å²) in [5.74, 6) is 0.981. The molecule has 0 bridgehead atoms. The van der Waals surface area contributed by atoms with Crippen molar-refractivity contribution < 1.29 is 0 Å². The lowest BCUT2D eigenvalue weighted by Crippen LogP contribution is -2.31. The SMILES string of the molecule is Cn1cnc2c1CCNC2CCC1CCCCC1. The van der Waals surface area contributed by atoms with E-state index < -0.39 is 0 Å². The summed E-state index contributed by atoms with van der Waals surface area (Å²) in [5, 5.41) is 3.65. The first-order chi connectivity index (χ1) is 8.84. The van der Waals surface area contributed by atoms with Gasteiger partial charge in [-0.3, -0.25) is 0 Å². The van der Waals surface area contributed by atoms with Gasteiger partial charge in [-0.1, -0.05) is 32.1 Å². The molecule has 2 heterocycles. The smallest absolute Gasteiger partial charge is 0.0949 e. The van der Waals surface area contributed by atoms with E-state index in [1.165, 1.54) is 56.3 Å². The van der Waals surface area contributed by atoms with E-state index in [9.17, 15) is 0 Å². The molecule has 1 aromatic rings. The number of rotatable bonds is 3. The Morgan fingerprint density at radius 3 is 2.94 bits per heavy atom. The van der Waals surface area contributed by atoms with Gasteiger partial charge in [-0.25, -0.2) is 4.98 Å². The molecular weight excluding hydrogens is 222 g/mol. The number of fused-ring (bicyclic) bond motifs is 1. The van der Waals surface area contributed by atoms with E-state index in [-0.39, 0.29) is 0 Å². The maximum atomic E-state index is 4.60. The summed E-state index contributed by atoms with van der Waals surface area (Å²) in [6.45, 7) is 1.11. The summed E-state index contributed by atoms with van der Waals surface area (Å²) >= 11 is 0. The van der Waals surface area contributed by atoms with Crippen LogP contribution in [0, 0.1) is 5.92 Å². The molecule has 1 N–H and O–H groups in total. The second-order valence-electron chi connectivity index (χ2n) is 6.03. The van der Waals surface area contributed by atoms with Crippen molar-refractivity contribution in [1.82, 2.24) is 14.9 Å². The van der Waals surface area contributed by atoms with Crippen molar-refractivity contribution in [3.05, 3.63) is 17.7 Å². The Morgan fingerprint density at radius 2 is 2.11 bits per heavy atom. The normalized spacial score (nSPS) is 25.1. The Morgan fingerprint density at radius 1 is 1.28 bits per heavy atom. The van der Waals surface area contributed by atoms with Crippen LogP contribution in [-0.2, 0) is 13.5 Å². The first-order valence-electron chi connectivity index (χ1n) is 7.58. The van der Waals surface area contributed by atoms with Gasteiger partial charge in [0, 0.05) is 25.7 Å². The number of hydrogen-bond acceptors (Lipinski definition) is 2. The average Bonchev–Trinajstić information content (AvgIpc) is 2.80. The van der Waals surface area contributed by atoms with Gasteiger partial charge in [0.25, 0.3) is 0 Å². The predicted molar refractivity (Wildman–Crippen MR) is 73.5 cm³/mol. The van der Waals surface area contributed by atoms with Crippen LogP contribution in [-0.4, -0.2) is 16.1 Å². The Balaban J connectivity index is 1.60. The zero-order valence-corrected chi connectivity index (χ0v) is 11.5. The topological polar surface area (TPSA) is 29.9 Å². The quantitative estimate of drug-likeness (QED) is 0.890. The van der Waals surface area contributed by atoms with Gasteiger partial charge in [0.1, 0.15) is 0 Å². The molecule has 1 saturated carbocycles. The summed E-state index contributed by atoms with van der Waals surface area (Å²) in [7, 11) is 2.12. The van der Waals surface area contributed by atoms with Gasteiger partial charge >= 0.3 is 0 Å². The molecule has 1 aliphatic carbocycles. The second-order valence-corrected chi connectivity index (χ2v) is 6.03. The molecule has 3 rings (SSSR count). The Bertz CT molecular complexity index is 390. The third kappa shape index (κ3) is 2.46. The molecule has 18 heavy (non-hydrogen) atoms. The summed E-state index contributed by atoms with van der Waals surface area (Å²) in [6, 6.07) is 0.511. The zero-order valence-electron chi connectivity index (χ0n) is 11.5. The van der Waals surface area contributed by atoms with E-state index in [0.29, 0.717) is 6.04 Å². The molecule has 0 spiro atoms. The van der Waals surface area contributed by atoms with Gasteiger partial charge in [-0.2, -0.15) is 0 Å². The van der Waals surface area contributed by atoms with Crippen LogP contribution < -0.4 is 5.32 Å². The Labute approximate surface area is 110 Å². The highest BCUT2D eigenvalue weighted by Crippen LogP contribution is 2.31. The molecule has 0 radical (unpaired) electrons. The minimum atomic E-state index is 0.511. The minimum Gasteiger partial charge on any atom is -0.337 e. The summed E-state index contributed by atoms with van der Waals surface area (Å²) in [6.07, 6.45) is 13.1. The predicted octanol–water partition coefficient (Wildman–Crippen LogP) is 2.97. The van der Waals surface area contributed by atoms with Crippen LogP contribution in [0.25, 0.3) is 0 Å². The lowest BCUT2D eigenvalue weighted by atomic mass is 9.84. The summed E-state index contributed by atoms with van der Waals surface area (Å²) in [4.78, 5) is 4.60. The lowest BCUT2D eigenvalue weighted by Gasteiger charge is -2.27. The fourth-order valence-corrected chi connectivity index (χ4v) is 3.65. The van der Waals surface area contributed by atoms with Gasteiger partial charge in [0.15, 0.2) is 0 Å². The second kappa shape index (κ2) is 5.43. The van der Waals surface area contributed by atoms with Crippen molar-refractivity contribution in [3.63, 3.8) is 0 Å². The molecule has 1 fully saturated rings. The molecule has 0 saturated heterocycles. The Hall–Kier alpha value is -0.830. The van der Waals surface area contributed by atoms with E-state index in [0.717, 1.165) is 18.9 Å². The molecule has 1 atom stereocenters. The standard InChI is InChI=1S/C15H25N3/c1-18-11-17-15-13(16-10-9-14(15)18)8-7-12-5-3-2-4-6-12/h11-13,16H,2-10H2,1H3. The van der Waals surface area contributed by atoms with E-state index in [4.69, 9.17) is 0 Å². The minimum absolute atomic E-state index is 0.511. The van der Waals surface area contributed by atoms with Crippen molar-refractivity contribution in [3.8, 4) is 0 Å². The van der Waals surface area contributed by atoms with Crippen LogP contribution in [0.3, 0.4) is 0 Å². The number of aromatic nitrogens is 2. The first kappa shape index (κ1) is 12.2. The maximum absolute atomic E-state index is 4.60. The van der Waals surface area contributed by atoms with Gasteiger partial charge in [-0.05, 0) is 18.8 Å². The van der Waals surface area contributed by atoms with Gasteiger partial charge in [0.2, 0.25) is 0 Å². The maximum Gasteiger partial charge on any atom is 0.0949 e. The molecule has 1 aliphatic heterocycles. The number of aryl methyl sites for hydroxylation is 1. The van der Waals surface area contributed by atoms with Gasteiger partial charge in [-0.15, -0.1) is 0 Å². The van der Waals surface area contributed by atoms with Crippen molar-refractivity contribution in [2.75, 3.05) is 6.54 Å². The van der Waals surface area contributed by atoms with Gasteiger partial charge in [0.05, 0.1) is 18.1 Å². The molecule has 1 unspecified atom stereocenters. The monoisotopic (exact) mass is 247 g/mol. The highest BCUT2D eigenvalue weighted by atomic mass is 15.1. The molecule has 100 valence electrons. The van der Waals surface area contributed by atoms with E-state index in [1.54, 1.807) is 0 Å². The number of hydrogen-bond donors (Lipinski definition) is 1. The average molecular weight is 247 g/mol. The lowest BCUT2D eigenvalue weighted by molar-refractivity contribution is 0.310. The third-order valence-corrected chi connectivity index (χ3v) is 4.76. The number of imidazole rings is 1. The fraction of sp³-hybridized carbons (Fsp3) is 0.800. The largest absolute Gasteiger partial charge is 0.337 e. The molecule has 2 aliphatic rings. The van der Waals surface area contributed by atoms with E-state index in [2.05, 4.69) is 21.9 Å². The summed E-state index contributed by atoms with van der Waals surface area (Å²) in [5.41, 5.74) is 2.77. The van der Waals surface area contributed by atoms with Crippen LogP contribution in [0.4, 0.5) is 0 Å². The molecule has 1 aromatic heterocycles. The molecular formula is C15H25N3.